The largest absolute Gasteiger partial charge is 0.478 e. The molecular formula is C18H23N3O3. The van der Waals surface area contributed by atoms with E-state index < -0.39 is 5.97 Å². The first kappa shape index (κ1) is 16.6. The molecule has 0 radical (unpaired) electrons. The van der Waals surface area contributed by atoms with Crippen LogP contribution in [0.2, 0.25) is 0 Å². The lowest BCUT2D eigenvalue weighted by atomic mass is 9.97. The van der Waals surface area contributed by atoms with Gasteiger partial charge in [-0.3, -0.25) is 4.90 Å². The molecule has 1 saturated heterocycles. The number of carboxylic acid groups (broad SMARTS) is 1. The summed E-state index contributed by atoms with van der Waals surface area (Å²) in [7, 11) is 0. The fourth-order valence-corrected chi connectivity index (χ4v) is 3.14. The minimum absolute atomic E-state index is 0.249. The Morgan fingerprint density at radius 3 is 2.96 bits per heavy atom. The van der Waals surface area contributed by atoms with Crippen LogP contribution in [-0.4, -0.2) is 39.3 Å². The lowest BCUT2D eigenvalue weighted by Gasteiger charge is -2.14. The van der Waals surface area contributed by atoms with Gasteiger partial charge >= 0.3 is 5.97 Å². The minimum atomic E-state index is -0.873. The van der Waals surface area contributed by atoms with E-state index in [4.69, 9.17) is 9.52 Å². The molecule has 0 aliphatic carbocycles. The van der Waals surface area contributed by atoms with Gasteiger partial charge in [-0.25, -0.2) is 4.79 Å². The van der Waals surface area contributed by atoms with Crippen LogP contribution < -0.4 is 0 Å². The average molecular weight is 329 g/mol. The molecule has 3 rings (SSSR count). The van der Waals surface area contributed by atoms with Gasteiger partial charge in [0.05, 0.1) is 12.1 Å². The number of rotatable bonds is 6. The molecule has 1 aromatic carbocycles. The molecule has 1 fully saturated rings. The van der Waals surface area contributed by atoms with Gasteiger partial charge in [-0.1, -0.05) is 26.0 Å². The van der Waals surface area contributed by atoms with Gasteiger partial charge in [-0.15, -0.1) is 10.2 Å². The molecule has 0 amide bonds. The molecule has 0 bridgehead atoms. The lowest BCUT2D eigenvalue weighted by molar-refractivity contribution is 0.0696. The van der Waals surface area contributed by atoms with E-state index in [2.05, 4.69) is 15.1 Å². The number of hydrogen-bond acceptors (Lipinski definition) is 5. The van der Waals surface area contributed by atoms with Gasteiger partial charge < -0.3 is 9.52 Å². The van der Waals surface area contributed by atoms with Crippen molar-refractivity contribution in [2.24, 2.45) is 5.92 Å². The molecule has 1 aliphatic heterocycles. The Hall–Kier alpha value is -2.21. The van der Waals surface area contributed by atoms with Crippen molar-refractivity contribution in [2.75, 3.05) is 13.1 Å². The first-order valence-corrected chi connectivity index (χ1v) is 8.38. The Balaban J connectivity index is 1.55. The zero-order valence-electron chi connectivity index (χ0n) is 14.1. The fourth-order valence-electron chi connectivity index (χ4n) is 3.14. The van der Waals surface area contributed by atoms with Crippen LogP contribution in [0.5, 0.6) is 0 Å². The smallest absolute Gasteiger partial charge is 0.335 e. The van der Waals surface area contributed by atoms with Gasteiger partial charge in [0.2, 0.25) is 11.8 Å². The first-order chi connectivity index (χ1) is 11.5. The number of aromatic nitrogens is 2. The van der Waals surface area contributed by atoms with Gasteiger partial charge in [0.25, 0.3) is 0 Å². The Bertz CT molecular complexity index is 711. The average Bonchev–Trinajstić information content (AvgIpc) is 3.18. The van der Waals surface area contributed by atoms with Crippen LogP contribution in [0.25, 0.3) is 0 Å². The molecule has 6 nitrogen and oxygen atoms in total. The number of aromatic carboxylic acids is 1. The Morgan fingerprint density at radius 1 is 1.42 bits per heavy atom. The summed E-state index contributed by atoms with van der Waals surface area (Å²) in [5, 5.41) is 17.3. The van der Waals surface area contributed by atoms with E-state index in [0.29, 0.717) is 29.8 Å². The molecule has 0 saturated carbocycles. The monoisotopic (exact) mass is 329 g/mol. The third kappa shape index (κ3) is 4.00. The summed E-state index contributed by atoms with van der Waals surface area (Å²) in [6.07, 6.45) is 2.00. The second-order valence-electron chi connectivity index (χ2n) is 6.79. The Morgan fingerprint density at radius 2 is 2.25 bits per heavy atom. The van der Waals surface area contributed by atoms with Gasteiger partial charge in [0.1, 0.15) is 0 Å². The molecule has 0 unspecified atom stereocenters. The standard InChI is InChI=1S/C18H23N3O3/c1-12(2)17-20-19-16(24-17)11-21-7-6-14(10-21)8-13-4-3-5-15(9-13)18(22)23/h3-5,9,12,14H,6-8,10-11H2,1-2H3,(H,22,23)/t14-/m1/s1. The molecule has 24 heavy (non-hydrogen) atoms. The van der Waals surface area contributed by atoms with E-state index in [1.807, 2.05) is 26.0 Å². The normalized spacial score (nSPS) is 18.4. The van der Waals surface area contributed by atoms with Crippen molar-refractivity contribution in [1.82, 2.24) is 15.1 Å². The number of carboxylic acids is 1. The van der Waals surface area contributed by atoms with Gasteiger partial charge in [-0.2, -0.15) is 0 Å². The van der Waals surface area contributed by atoms with E-state index in [-0.39, 0.29) is 5.92 Å². The zero-order valence-corrected chi connectivity index (χ0v) is 14.1. The summed E-state index contributed by atoms with van der Waals surface area (Å²) >= 11 is 0. The maximum atomic E-state index is 11.1. The third-order valence-corrected chi connectivity index (χ3v) is 4.40. The highest BCUT2D eigenvalue weighted by Crippen LogP contribution is 2.23. The predicted molar refractivity (Wildman–Crippen MR) is 88.9 cm³/mol. The minimum Gasteiger partial charge on any atom is -0.478 e. The number of carbonyl (C=O) groups is 1. The van der Waals surface area contributed by atoms with Crippen molar-refractivity contribution < 1.29 is 14.3 Å². The second-order valence-corrected chi connectivity index (χ2v) is 6.79. The second kappa shape index (κ2) is 7.13. The van der Waals surface area contributed by atoms with Crippen LogP contribution in [0.1, 0.15) is 53.9 Å². The lowest BCUT2D eigenvalue weighted by Crippen LogP contribution is -2.20. The van der Waals surface area contributed by atoms with Crippen LogP contribution in [-0.2, 0) is 13.0 Å². The van der Waals surface area contributed by atoms with Crippen LogP contribution in [0.3, 0.4) is 0 Å². The molecule has 1 N–H and O–H groups in total. The Kier molecular flexibility index (Phi) is 4.94. The number of benzene rings is 1. The zero-order chi connectivity index (χ0) is 17.1. The van der Waals surface area contributed by atoms with Crippen molar-refractivity contribution in [3.8, 4) is 0 Å². The summed E-state index contributed by atoms with van der Waals surface area (Å²) in [6, 6.07) is 7.23. The maximum Gasteiger partial charge on any atom is 0.335 e. The Labute approximate surface area is 141 Å². The van der Waals surface area contributed by atoms with Crippen molar-refractivity contribution in [1.29, 1.82) is 0 Å². The van der Waals surface area contributed by atoms with E-state index in [1.54, 1.807) is 12.1 Å². The number of nitrogens with zero attached hydrogens (tertiary/aromatic N) is 3. The highest BCUT2D eigenvalue weighted by molar-refractivity contribution is 5.87. The molecule has 0 spiro atoms. The predicted octanol–water partition coefficient (Wildman–Crippen LogP) is 2.96. The molecule has 128 valence electrons. The third-order valence-electron chi connectivity index (χ3n) is 4.40. The van der Waals surface area contributed by atoms with E-state index in [0.717, 1.165) is 31.5 Å². The molecule has 1 atom stereocenters. The van der Waals surface area contributed by atoms with E-state index in [9.17, 15) is 4.79 Å². The summed E-state index contributed by atoms with van der Waals surface area (Å²) in [5.74, 6) is 1.27. The highest BCUT2D eigenvalue weighted by Gasteiger charge is 2.24. The molecule has 2 aromatic rings. The van der Waals surface area contributed by atoms with Crippen LogP contribution >= 0.6 is 0 Å². The maximum absolute atomic E-state index is 11.1. The quantitative estimate of drug-likeness (QED) is 0.878. The summed E-state index contributed by atoms with van der Waals surface area (Å²) in [4.78, 5) is 13.4. The van der Waals surface area contributed by atoms with E-state index in [1.165, 1.54) is 0 Å². The van der Waals surface area contributed by atoms with Crippen molar-refractivity contribution in [3.63, 3.8) is 0 Å². The van der Waals surface area contributed by atoms with Gasteiger partial charge in [0.15, 0.2) is 0 Å². The van der Waals surface area contributed by atoms with Crippen LogP contribution in [0.4, 0.5) is 0 Å². The number of likely N-dealkylation sites (tertiary alicyclic amines) is 1. The summed E-state index contributed by atoms with van der Waals surface area (Å²) in [6.45, 7) is 6.73. The topological polar surface area (TPSA) is 79.5 Å². The molecule has 6 heteroatoms. The van der Waals surface area contributed by atoms with Crippen molar-refractivity contribution >= 4 is 5.97 Å². The van der Waals surface area contributed by atoms with Crippen molar-refractivity contribution in [3.05, 3.63) is 47.2 Å². The summed E-state index contributed by atoms with van der Waals surface area (Å²) in [5.41, 5.74) is 1.44. The van der Waals surface area contributed by atoms with Crippen molar-refractivity contribution in [2.45, 2.75) is 39.2 Å². The number of hydrogen-bond donors (Lipinski definition) is 1. The molecule has 1 aromatic heterocycles. The molecular weight excluding hydrogens is 306 g/mol. The fraction of sp³-hybridized carbons (Fsp3) is 0.500. The first-order valence-electron chi connectivity index (χ1n) is 8.38. The van der Waals surface area contributed by atoms with Crippen LogP contribution in [0, 0.1) is 5.92 Å². The van der Waals surface area contributed by atoms with Crippen LogP contribution in [0.15, 0.2) is 28.7 Å². The molecule has 2 heterocycles. The summed E-state index contributed by atoms with van der Waals surface area (Å²) < 4.78 is 5.67. The van der Waals surface area contributed by atoms with E-state index >= 15 is 0 Å². The SMILES string of the molecule is CC(C)c1nnc(CN2CC[C@H](Cc3cccc(C(=O)O)c3)C2)o1. The van der Waals surface area contributed by atoms with Gasteiger partial charge in [0, 0.05) is 12.5 Å². The highest BCUT2D eigenvalue weighted by atomic mass is 16.4. The van der Waals surface area contributed by atoms with Gasteiger partial charge in [-0.05, 0) is 43.0 Å². The molecule has 1 aliphatic rings.